The summed E-state index contributed by atoms with van der Waals surface area (Å²) in [6.45, 7) is 3.41. The minimum absolute atomic E-state index is 0.113. The first kappa shape index (κ1) is 15.4. The Morgan fingerprint density at radius 1 is 1.50 bits per heavy atom. The summed E-state index contributed by atoms with van der Waals surface area (Å²) in [5.41, 5.74) is 0.898. The Morgan fingerprint density at radius 3 is 2.90 bits per heavy atom. The molecule has 2 amide bonds. The van der Waals surface area contributed by atoms with Gasteiger partial charge in [-0.2, -0.15) is 11.8 Å². The first-order chi connectivity index (χ1) is 9.48. The number of thioether (sulfide) groups is 1. The number of urea groups is 1. The van der Waals surface area contributed by atoms with Gasteiger partial charge in [-0.3, -0.25) is 0 Å². The Bertz CT molecular complexity index is 455. The molecule has 112 valence electrons. The minimum atomic E-state index is -0.113. The van der Waals surface area contributed by atoms with Gasteiger partial charge in [0.2, 0.25) is 0 Å². The molecule has 5 nitrogen and oxygen atoms in total. The molecule has 2 heterocycles. The number of carbonyl (C=O) groups excluding carboxylic acids is 1. The number of carbonyl (C=O) groups is 1. The van der Waals surface area contributed by atoms with E-state index in [0.29, 0.717) is 6.54 Å². The average Bonchev–Trinajstić information content (AvgIpc) is 3.03. The molecule has 1 aliphatic heterocycles. The minimum Gasteiger partial charge on any atom is -0.354 e. The smallest absolute Gasteiger partial charge is 0.315 e. The zero-order valence-corrected chi connectivity index (χ0v) is 13.9. The first-order valence-corrected chi connectivity index (χ1v) is 8.62. The van der Waals surface area contributed by atoms with Crippen molar-refractivity contribution in [3.63, 3.8) is 0 Å². The molecule has 2 N–H and O–H groups in total. The molecule has 1 aromatic rings. The molecule has 1 fully saturated rings. The Kier molecular flexibility index (Phi) is 5.15. The predicted octanol–water partition coefficient (Wildman–Crippen LogP) is 2.29. The third kappa shape index (κ3) is 4.28. The van der Waals surface area contributed by atoms with Gasteiger partial charge in [0.05, 0.1) is 12.2 Å². The molecule has 7 heteroatoms. The Hall–Kier alpha value is -0.950. The molecule has 0 spiro atoms. The molecule has 20 heavy (non-hydrogen) atoms. The largest absolute Gasteiger partial charge is 0.354 e. The van der Waals surface area contributed by atoms with E-state index in [9.17, 15) is 4.79 Å². The van der Waals surface area contributed by atoms with Crippen LogP contribution >= 0.6 is 23.1 Å². The number of hydrogen-bond acceptors (Lipinski definition) is 5. The summed E-state index contributed by atoms with van der Waals surface area (Å²) in [5.74, 6) is 1.20. The van der Waals surface area contributed by atoms with Crippen molar-refractivity contribution < 1.29 is 4.79 Å². The normalized spacial score (nSPS) is 21.8. The highest BCUT2D eigenvalue weighted by Crippen LogP contribution is 2.36. The number of rotatable bonds is 5. The van der Waals surface area contributed by atoms with Gasteiger partial charge < -0.3 is 15.5 Å². The molecular weight excluding hydrogens is 292 g/mol. The van der Waals surface area contributed by atoms with Crippen LogP contribution in [0.1, 0.15) is 25.5 Å². The van der Waals surface area contributed by atoms with E-state index in [2.05, 4.69) is 22.5 Å². The summed E-state index contributed by atoms with van der Waals surface area (Å²) >= 11 is 3.53. The van der Waals surface area contributed by atoms with Crippen molar-refractivity contribution in [1.82, 2.24) is 15.6 Å². The van der Waals surface area contributed by atoms with Crippen molar-refractivity contribution in [3.05, 3.63) is 11.1 Å². The van der Waals surface area contributed by atoms with E-state index in [1.807, 2.05) is 36.1 Å². The zero-order valence-electron chi connectivity index (χ0n) is 12.2. The second kappa shape index (κ2) is 6.67. The van der Waals surface area contributed by atoms with Crippen molar-refractivity contribution in [2.24, 2.45) is 0 Å². The molecule has 0 aliphatic carbocycles. The van der Waals surface area contributed by atoms with Crippen molar-refractivity contribution in [2.75, 3.05) is 31.3 Å². The van der Waals surface area contributed by atoms with E-state index in [0.717, 1.165) is 17.4 Å². The molecule has 0 radical (unpaired) electrons. The second-order valence-corrected chi connectivity index (χ2v) is 7.97. The van der Waals surface area contributed by atoms with Crippen molar-refractivity contribution in [1.29, 1.82) is 0 Å². The number of nitrogens with zero attached hydrogens (tertiary/aromatic N) is 2. The maximum atomic E-state index is 11.8. The summed E-state index contributed by atoms with van der Waals surface area (Å²) < 4.78 is 0.204. The Balaban J connectivity index is 1.71. The molecule has 1 aliphatic rings. The lowest BCUT2D eigenvalue weighted by Gasteiger charge is -2.22. The van der Waals surface area contributed by atoms with Crippen LogP contribution in [0.5, 0.6) is 0 Å². The monoisotopic (exact) mass is 314 g/mol. The number of nitrogens with one attached hydrogen (secondary N) is 2. The molecule has 0 aromatic carbocycles. The van der Waals surface area contributed by atoms with Crippen molar-refractivity contribution >= 4 is 34.3 Å². The van der Waals surface area contributed by atoms with Gasteiger partial charge in [0.1, 0.15) is 0 Å². The van der Waals surface area contributed by atoms with Gasteiger partial charge >= 0.3 is 6.03 Å². The van der Waals surface area contributed by atoms with E-state index in [4.69, 9.17) is 0 Å². The SMILES string of the molecule is CN(C)c1nc(CNC(=O)NCC2(C)CCCS2)cs1. The third-order valence-corrected chi connectivity index (χ3v) is 5.87. The van der Waals surface area contributed by atoms with Crippen molar-refractivity contribution in [2.45, 2.75) is 31.1 Å². The van der Waals surface area contributed by atoms with Crippen LogP contribution in [-0.2, 0) is 6.54 Å². The maximum Gasteiger partial charge on any atom is 0.315 e. The molecule has 1 aromatic heterocycles. The highest BCUT2D eigenvalue weighted by molar-refractivity contribution is 8.00. The summed E-state index contributed by atoms with van der Waals surface area (Å²) in [6.07, 6.45) is 2.42. The van der Waals surface area contributed by atoms with Gasteiger partial charge in [-0.15, -0.1) is 11.3 Å². The fraction of sp³-hybridized carbons (Fsp3) is 0.692. The zero-order chi connectivity index (χ0) is 14.6. The van der Waals surface area contributed by atoms with Crippen LogP contribution in [0.2, 0.25) is 0 Å². The lowest BCUT2D eigenvalue weighted by molar-refractivity contribution is 0.239. The van der Waals surface area contributed by atoms with Crippen molar-refractivity contribution in [3.8, 4) is 0 Å². The standard InChI is InChI=1S/C13H22N4OS2/c1-13(5-4-6-20-13)9-15-11(18)14-7-10-8-19-12(16-10)17(2)3/h8H,4-7,9H2,1-3H3,(H2,14,15,18). The number of hydrogen-bond donors (Lipinski definition) is 2. The molecule has 1 unspecified atom stereocenters. The summed E-state index contributed by atoms with van der Waals surface area (Å²) in [6, 6.07) is -0.113. The van der Waals surface area contributed by atoms with Crippen LogP contribution < -0.4 is 15.5 Å². The van der Waals surface area contributed by atoms with Gasteiger partial charge in [-0.05, 0) is 25.5 Å². The van der Waals surface area contributed by atoms with E-state index in [1.165, 1.54) is 18.6 Å². The molecule has 1 saturated heterocycles. The van der Waals surface area contributed by atoms with E-state index in [1.54, 1.807) is 11.3 Å². The van der Waals surface area contributed by atoms with Gasteiger partial charge in [0.25, 0.3) is 0 Å². The van der Waals surface area contributed by atoms with Gasteiger partial charge in [-0.25, -0.2) is 9.78 Å². The highest BCUT2D eigenvalue weighted by atomic mass is 32.2. The molecule has 2 rings (SSSR count). The van der Waals surface area contributed by atoms with Gasteiger partial charge in [0.15, 0.2) is 5.13 Å². The van der Waals surface area contributed by atoms with Crippen LogP contribution in [0.25, 0.3) is 0 Å². The van der Waals surface area contributed by atoms with E-state index < -0.39 is 0 Å². The summed E-state index contributed by atoms with van der Waals surface area (Å²) in [5, 5.41) is 8.75. The quantitative estimate of drug-likeness (QED) is 0.875. The Labute approximate surface area is 128 Å². The molecule has 0 saturated carbocycles. The lowest BCUT2D eigenvalue weighted by atomic mass is 10.1. The van der Waals surface area contributed by atoms with Crippen LogP contribution in [0.15, 0.2) is 5.38 Å². The number of anilines is 1. The topological polar surface area (TPSA) is 57.3 Å². The predicted molar refractivity (Wildman–Crippen MR) is 86.8 cm³/mol. The Morgan fingerprint density at radius 2 is 2.30 bits per heavy atom. The lowest BCUT2D eigenvalue weighted by Crippen LogP contribution is -2.42. The van der Waals surface area contributed by atoms with Crippen LogP contribution in [-0.4, -0.2) is 42.2 Å². The molecule has 1 atom stereocenters. The third-order valence-electron chi connectivity index (χ3n) is 3.28. The number of thiazole rings is 1. The maximum absolute atomic E-state index is 11.8. The average molecular weight is 314 g/mol. The number of aromatic nitrogens is 1. The molecular formula is C13H22N4OS2. The second-order valence-electron chi connectivity index (χ2n) is 5.45. The summed E-state index contributed by atoms with van der Waals surface area (Å²) in [7, 11) is 3.92. The number of amides is 2. The first-order valence-electron chi connectivity index (χ1n) is 6.76. The fourth-order valence-electron chi connectivity index (χ4n) is 2.06. The highest BCUT2D eigenvalue weighted by Gasteiger charge is 2.29. The van der Waals surface area contributed by atoms with Gasteiger partial charge in [-0.1, -0.05) is 0 Å². The van der Waals surface area contributed by atoms with Crippen LogP contribution in [0.3, 0.4) is 0 Å². The van der Waals surface area contributed by atoms with E-state index >= 15 is 0 Å². The molecule has 0 bridgehead atoms. The van der Waals surface area contributed by atoms with E-state index in [-0.39, 0.29) is 10.8 Å². The van der Waals surface area contributed by atoms with Crippen LogP contribution in [0, 0.1) is 0 Å². The van der Waals surface area contributed by atoms with Gasteiger partial charge in [0, 0.05) is 30.8 Å². The summed E-state index contributed by atoms with van der Waals surface area (Å²) in [4.78, 5) is 18.2. The van der Waals surface area contributed by atoms with Crippen LogP contribution in [0.4, 0.5) is 9.93 Å². The fourth-order valence-corrected chi connectivity index (χ4v) is 4.06.